The number of benzene rings is 1. The number of amides is 2. The van der Waals surface area contributed by atoms with Crippen molar-refractivity contribution in [3.8, 4) is 0 Å². The molecule has 0 aromatic heterocycles. The van der Waals surface area contributed by atoms with Gasteiger partial charge in [-0.05, 0) is 38.3 Å². The monoisotopic (exact) mass is 469 g/mol. The van der Waals surface area contributed by atoms with Gasteiger partial charge in [-0.1, -0.05) is 31.9 Å². The van der Waals surface area contributed by atoms with Crippen LogP contribution in [0, 0.1) is 0 Å². The van der Waals surface area contributed by atoms with Gasteiger partial charge in [-0.2, -0.15) is 0 Å². The first-order valence-electron chi connectivity index (χ1n) is 12.0. The van der Waals surface area contributed by atoms with Crippen LogP contribution in [0.15, 0.2) is 24.3 Å². The first-order valence-corrected chi connectivity index (χ1v) is 12.0. The van der Waals surface area contributed by atoms with Crippen LogP contribution in [0.1, 0.15) is 79.5 Å². The molecule has 4 atom stereocenters. The van der Waals surface area contributed by atoms with Gasteiger partial charge in [0.25, 0.3) is 11.8 Å². The second-order valence-electron chi connectivity index (χ2n) is 8.76. The summed E-state index contributed by atoms with van der Waals surface area (Å²) < 4.78 is 17.2. The Morgan fingerprint density at radius 2 is 1.65 bits per heavy atom. The molecule has 34 heavy (non-hydrogen) atoms. The fourth-order valence-electron chi connectivity index (χ4n) is 4.29. The molecule has 1 unspecified atom stereocenters. The molecule has 0 spiro atoms. The van der Waals surface area contributed by atoms with E-state index in [1.807, 2.05) is 6.92 Å². The summed E-state index contributed by atoms with van der Waals surface area (Å²) in [6, 6.07) is 6.19. The molecule has 1 aromatic carbocycles. The molecular formula is C25H32BNO7. The number of Topliss-reactive ketones (excluding diaryl/α,β-unsaturated/α-hetero) is 1. The predicted molar refractivity (Wildman–Crippen MR) is 125 cm³/mol. The molecule has 1 aromatic rings. The standard InChI is InChI=1S/C25H32BNO7/c1-3-19-21(34-20(29)13-12-16(2)28)22(23(26)33-19)32-15-9-5-4-8-14-27-24(30)17-10-6-7-11-18(17)25(27)31/h6-7,10-11,19,21-23H,3-5,8-9,12-15H2,1-2H3/t19-,21+,22?,23-/m0/s1. The van der Waals surface area contributed by atoms with Crippen molar-refractivity contribution in [1.82, 2.24) is 4.90 Å². The minimum absolute atomic E-state index is 0.0251. The smallest absolute Gasteiger partial charge is 0.306 e. The van der Waals surface area contributed by atoms with Crippen molar-refractivity contribution in [1.29, 1.82) is 0 Å². The largest absolute Gasteiger partial charge is 0.457 e. The maximum atomic E-state index is 12.4. The lowest BCUT2D eigenvalue weighted by atomic mass is 9.92. The fraction of sp³-hybridized carbons (Fsp3) is 0.600. The van der Waals surface area contributed by atoms with E-state index in [-0.39, 0.29) is 36.5 Å². The van der Waals surface area contributed by atoms with E-state index in [1.165, 1.54) is 11.8 Å². The summed E-state index contributed by atoms with van der Waals surface area (Å²) in [5.41, 5.74) is 0.941. The van der Waals surface area contributed by atoms with Crippen molar-refractivity contribution in [2.45, 2.75) is 83.1 Å². The van der Waals surface area contributed by atoms with Crippen molar-refractivity contribution in [3.63, 3.8) is 0 Å². The number of imide groups is 1. The van der Waals surface area contributed by atoms with Crippen LogP contribution in [0.4, 0.5) is 0 Å². The van der Waals surface area contributed by atoms with Crippen molar-refractivity contribution in [2.24, 2.45) is 0 Å². The van der Waals surface area contributed by atoms with E-state index < -0.39 is 24.2 Å². The zero-order chi connectivity index (χ0) is 24.7. The molecule has 0 bridgehead atoms. The Hall–Kier alpha value is -2.52. The molecule has 2 heterocycles. The van der Waals surface area contributed by atoms with E-state index >= 15 is 0 Å². The first kappa shape index (κ1) is 26.1. The average molecular weight is 469 g/mol. The van der Waals surface area contributed by atoms with Gasteiger partial charge in [0, 0.05) is 25.6 Å². The SMILES string of the molecule is [B][C@H]1O[C@@H](CC)[C@@H](OC(=O)CCC(C)=O)C1OCCCCCCN1C(=O)c2ccccc2C1=O. The third-order valence-electron chi connectivity index (χ3n) is 6.16. The fourth-order valence-corrected chi connectivity index (χ4v) is 4.29. The molecule has 2 aliphatic heterocycles. The van der Waals surface area contributed by atoms with Crippen LogP contribution >= 0.6 is 0 Å². The third-order valence-corrected chi connectivity index (χ3v) is 6.16. The van der Waals surface area contributed by atoms with Crippen molar-refractivity contribution in [3.05, 3.63) is 35.4 Å². The lowest BCUT2D eigenvalue weighted by molar-refractivity contribution is -0.158. The van der Waals surface area contributed by atoms with Gasteiger partial charge in [0.15, 0.2) is 6.10 Å². The van der Waals surface area contributed by atoms with Crippen LogP contribution in [-0.2, 0) is 23.8 Å². The van der Waals surface area contributed by atoms with Crippen molar-refractivity contribution < 1.29 is 33.4 Å². The summed E-state index contributed by atoms with van der Waals surface area (Å²) in [5, 5.41) is 0. The van der Waals surface area contributed by atoms with Gasteiger partial charge in [0.2, 0.25) is 0 Å². The van der Waals surface area contributed by atoms with Gasteiger partial charge in [-0.15, -0.1) is 0 Å². The Bertz CT molecular complexity index is 870. The molecule has 2 radical (unpaired) electrons. The van der Waals surface area contributed by atoms with E-state index in [9.17, 15) is 19.2 Å². The molecule has 3 rings (SSSR count). The Kier molecular flexibility index (Phi) is 9.41. The van der Waals surface area contributed by atoms with E-state index in [0.29, 0.717) is 37.1 Å². The second kappa shape index (κ2) is 12.3. The maximum absolute atomic E-state index is 12.4. The van der Waals surface area contributed by atoms with Gasteiger partial charge in [0.1, 0.15) is 19.7 Å². The minimum atomic E-state index is -0.690. The zero-order valence-electron chi connectivity index (χ0n) is 19.9. The molecule has 2 amide bonds. The van der Waals surface area contributed by atoms with Crippen LogP contribution in [0.5, 0.6) is 0 Å². The van der Waals surface area contributed by atoms with Gasteiger partial charge < -0.3 is 19.0 Å². The number of hydrogen-bond donors (Lipinski definition) is 0. The summed E-state index contributed by atoms with van der Waals surface area (Å²) in [6.45, 7) is 4.17. The normalized spacial score (nSPS) is 23.9. The number of carbonyl (C=O) groups excluding carboxylic acids is 4. The number of carbonyl (C=O) groups is 4. The van der Waals surface area contributed by atoms with Crippen LogP contribution in [0.3, 0.4) is 0 Å². The molecule has 2 aliphatic rings. The van der Waals surface area contributed by atoms with Gasteiger partial charge in [-0.25, -0.2) is 0 Å². The Morgan fingerprint density at radius 3 is 2.26 bits per heavy atom. The van der Waals surface area contributed by atoms with Crippen LogP contribution < -0.4 is 0 Å². The molecule has 9 heteroatoms. The second-order valence-corrected chi connectivity index (χ2v) is 8.76. The van der Waals surface area contributed by atoms with E-state index in [0.717, 1.165) is 19.3 Å². The minimum Gasteiger partial charge on any atom is -0.457 e. The molecular weight excluding hydrogens is 437 g/mol. The number of hydrogen-bond acceptors (Lipinski definition) is 7. The third kappa shape index (κ3) is 6.33. The Labute approximate surface area is 201 Å². The highest BCUT2D eigenvalue weighted by Crippen LogP contribution is 2.28. The molecule has 0 saturated carbocycles. The number of unbranched alkanes of at least 4 members (excludes halogenated alkanes) is 3. The lowest BCUT2D eigenvalue weighted by Gasteiger charge is -2.24. The van der Waals surface area contributed by atoms with Crippen molar-refractivity contribution in [2.75, 3.05) is 13.2 Å². The summed E-state index contributed by atoms with van der Waals surface area (Å²) in [4.78, 5) is 49.3. The van der Waals surface area contributed by atoms with Gasteiger partial charge in [0.05, 0.1) is 23.7 Å². The zero-order valence-corrected chi connectivity index (χ0v) is 19.9. The van der Waals surface area contributed by atoms with Gasteiger partial charge >= 0.3 is 5.97 Å². The first-order chi connectivity index (χ1) is 16.3. The van der Waals surface area contributed by atoms with Crippen LogP contribution in [0.2, 0.25) is 0 Å². The number of ketones is 1. The summed E-state index contributed by atoms with van der Waals surface area (Å²) in [6.07, 6.45) is 2.43. The van der Waals surface area contributed by atoms with Crippen LogP contribution in [-0.4, -0.2) is 73.8 Å². The lowest BCUT2D eigenvalue weighted by Crippen LogP contribution is -2.39. The topological polar surface area (TPSA) is 99.2 Å². The highest BCUT2D eigenvalue weighted by atomic mass is 16.6. The van der Waals surface area contributed by atoms with Crippen LogP contribution in [0.25, 0.3) is 0 Å². The molecule has 1 saturated heterocycles. The number of esters is 1. The average Bonchev–Trinajstić information content (AvgIpc) is 3.25. The molecule has 1 fully saturated rings. The highest BCUT2D eigenvalue weighted by Gasteiger charge is 2.44. The Morgan fingerprint density at radius 1 is 1.00 bits per heavy atom. The molecule has 8 nitrogen and oxygen atoms in total. The maximum Gasteiger partial charge on any atom is 0.306 e. The number of ether oxygens (including phenoxy) is 3. The van der Waals surface area contributed by atoms with E-state index in [4.69, 9.17) is 22.1 Å². The Balaban J connectivity index is 1.37. The summed E-state index contributed by atoms with van der Waals surface area (Å²) in [5.74, 6) is -0.987. The quantitative estimate of drug-likeness (QED) is 0.190. The molecule has 182 valence electrons. The summed E-state index contributed by atoms with van der Waals surface area (Å²) in [7, 11) is 6.07. The molecule has 0 aliphatic carbocycles. The number of fused-ring (bicyclic) bond motifs is 1. The predicted octanol–water partition coefficient (Wildman–Crippen LogP) is 2.81. The summed E-state index contributed by atoms with van der Waals surface area (Å²) >= 11 is 0. The van der Waals surface area contributed by atoms with E-state index in [1.54, 1.807) is 24.3 Å². The highest BCUT2D eigenvalue weighted by molar-refractivity contribution is 6.21. The number of rotatable bonds is 13. The van der Waals surface area contributed by atoms with E-state index in [2.05, 4.69) is 0 Å². The van der Waals surface area contributed by atoms with Crippen molar-refractivity contribution >= 4 is 31.4 Å². The van der Waals surface area contributed by atoms with Gasteiger partial charge in [-0.3, -0.25) is 19.3 Å². The number of nitrogens with zero attached hydrogens (tertiary/aromatic N) is 1. The molecule has 0 N–H and O–H groups in total.